The third-order valence-electron chi connectivity index (χ3n) is 3.43. The molecule has 0 radical (unpaired) electrons. The standard InChI is InChI=1S/C15H12ClN5O4S/c1-25-9-3-2-7(16)4-8(9)19-10(22)5-21-6-18-11-12(14(17)23)20-26-13(11)15(21)24/h2-4,6H,5H2,1H3,(H2,17,23)(H,19,22). The van der Waals surface area contributed by atoms with Gasteiger partial charge in [-0.1, -0.05) is 11.6 Å². The van der Waals surface area contributed by atoms with E-state index in [4.69, 9.17) is 22.1 Å². The first-order chi connectivity index (χ1) is 12.4. The van der Waals surface area contributed by atoms with Crippen molar-refractivity contribution in [2.75, 3.05) is 12.4 Å². The van der Waals surface area contributed by atoms with E-state index >= 15 is 0 Å². The van der Waals surface area contributed by atoms with Crippen LogP contribution in [0.25, 0.3) is 10.2 Å². The second kappa shape index (κ2) is 7.10. The summed E-state index contributed by atoms with van der Waals surface area (Å²) in [5, 5.41) is 3.05. The molecule has 0 fully saturated rings. The normalized spacial score (nSPS) is 10.7. The molecular weight excluding hydrogens is 382 g/mol. The summed E-state index contributed by atoms with van der Waals surface area (Å²) >= 11 is 6.73. The van der Waals surface area contributed by atoms with E-state index in [1.165, 1.54) is 19.5 Å². The first-order valence-electron chi connectivity index (χ1n) is 7.18. The lowest BCUT2D eigenvalue weighted by molar-refractivity contribution is -0.116. The van der Waals surface area contributed by atoms with E-state index in [0.29, 0.717) is 16.5 Å². The topological polar surface area (TPSA) is 129 Å². The third kappa shape index (κ3) is 3.37. The van der Waals surface area contributed by atoms with Gasteiger partial charge in [-0.15, -0.1) is 0 Å². The van der Waals surface area contributed by atoms with Gasteiger partial charge in [0.2, 0.25) is 5.91 Å². The van der Waals surface area contributed by atoms with Crippen molar-refractivity contribution in [1.82, 2.24) is 13.9 Å². The van der Waals surface area contributed by atoms with Crippen molar-refractivity contribution < 1.29 is 14.3 Å². The first-order valence-corrected chi connectivity index (χ1v) is 8.34. The smallest absolute Gasteiger partial charge is 0.273 e. The molecule has 134 valence electrons. The lowest BCUT2D eigenvalue weighted by Crippen LogP contribution is -2.27. The summed E-state index contributed by atoms with van der Waals surface area (Å²) in [6, 6.07) is 4.77. The van der Waals surface area contributed by atoms with Crippen LogP contribution < -0.4 is 21.3 Å². The van der Waals surface area contributed by atoms with Gasteiger partial charge in [-0.05, 0) is 29.7 Å². The van der Waals surface area contributed by atoms with E-state index in [0.717, 1.165) is 16.1 Å². The molecular formula is C15H12ClN5O4S. The van der Waals surface area contributed by atoms with Crippen LogP contribution in [0.5, 0.6) is 5.75 Å². The van der Waals surface area contributed by atoms with Crippen molar-refractivity contribution in [2.24, 2.45) is 5.73 Å². The number of primary amides is 1. The van der Waals surface area contributed by atoms with Gasteiger partial charge in [0.05, 0.1) is 19.1 Å². The fraction of sp³-hybridized carbons (Fsp3) is 0.133. The Kier molecular flexibility index (Phi) is 4.87. The summed E-state index contributed by atoms with van der Waals surface area (Å²) in [6.07, 6.45) is 1.17. The Labute approximate surface area is 155 Å². The number of carbonyl (C=O) groups is 2. The average Bonchev–Trinajstić information content (AvgIpc) is 3.02. The maximum absolute atomic E-state index is 12.4. The number of fused-ring (bicyclic) bond motifs is 1. The SMILES string of the molecule is COc1ccc(Cl)cc1NC(=O)Cn1cnc2c(C(N)=O)nsc2c1=O. The minimum absolute atomic E-state index is 0.0673. The number of nitrogens with zero attached hydrogens (tertiary/aromatic N) is 3. The van der Waals surface area contributed by atoms with E-state index < -0.39 is 17.4 Å². The van der Waals surface area contributed by atoms with E-state index in [-0.39, 0.29) is 22.5 Å². The highest BCUT2D eigenvalue weighted by Crippen LogP contribution is 2.27. The van der Waals surface area contributed by atoms with Gasteiger partial charge in [-0.3, -0.25) is 19.0 Å². The highest BCUT2D eigenvalue weighted by molar-refractivity contribution is 7.13. The summed E-state index contributed by atoms with van der Waals surface area (Å²) in [6.45, 7) is -0.290. The molecule has 3 aromatic rings. The van der Waals surface area contributed by atoms with Crippen molar-refractivity contribution in [3.8, 4) is 5.75 Å². The minimum Gasteiger partial charge on any atom is -0.495 e. The van der Waals surface area contributed by atoms with Gasteiger partial charge in [-0.2, -0.15) is 4.37 Å². The summed E-state index contributed by atoms with van der Waals surface area (Å²) in [5.74, 6) is -0.822. The second-order valence-electron chi connectivity index (χ2n) is 5.14. The lowest BCUT2D eigenvalue weighted by Gasteiger charge is -2.11. The van der Waals surface area contributed by atoms with Crippen molar-refractivity contribution in [2.45, 2.75) is 6.54 Å². The molecule has 9 nitrogen and oxygen atoms in total. The van der Waals surface area contributed by atoms with Gasteiger partial charge >= 0.3 is 0 Å². The Morgan fingerprint density at radius 2 is 2.19 bits per heavy atom. The number of nitrogens with two attached hydrogens (primary N) is 1. The van der Waals surface area contributed by atoms with Crippen LogP contribution in [0.15, 0.2) is 29.3 Å². The molecule has 0 atom stereocenters. The number of ether oxygens (including phenoxy) is 1. The van der Waals surface area contributed by atoms with Crippen LogP contribution >= 0.6 is 23.1 Å². The van der Waals surface area contributed by atoms with Crippen LogP contribution in [0, 0.1) is 0 Å². The van der Waals surface area contributed by atoms with Gasteiger partial charge in [0.15, 0.2) is 5.69 Å². The van der Waals surface area contributed by atoms with Crippen LogP contribution in [-0.4, -0.2) is 32.8 Å². The Bertz CT molecular complexity index is 1080. The van der Waals surface area contributed by atoms with Crippen molar-refractivity contribution in [1.29, 1.82) is 0 Å². The van der Waals surface area contributed by atoms with E-state index in [1.54, 1.807) is 12.1 Å². The molecule has 11 heteroatoms. The number of aromatic nitrogens is 3. The number of benzene rings is 1. The number of amides is 2. The molecule has 2 aromatic heterocycles. The highest BCUT2D eigenvalue weighted by atomic mass is 35.5. The molecule has 0 spiro atoms. The van der Waals surface area contributed by atoms with Gasteiger partial charge in [-0.25, -0.2) is 4.98 Å². The molecule has 1 aromatic carbocycles. The first kappa shape index (κ1) is 17.8. The molecule has 3 N–H and O–H groups in total. The quantitative estimate of drug-likeness (QED) is 0.671. The monoisotopic (exact) mass is 393 g/mol. The number of halogens is 1. The molecule has 3 rings (SSSR count). The highest BCUT2D eigenvalue weighted by Gasteiger charge is 2.17. The maximum Gasteiger partial charge on any atom is 0.273 e. The molecule has 0 saturated carbocycles. The molecule has 0 aliphatic heterocycles. The second-order valence-corrected chi connectivity index (χ2v) is 6.35. The van der Waals surface area contributed by atoms with Crippen LogP contribution in [-0.2, 0) is 11.3 Å². The number of rotatable bonds is 5. The Balaban J connectivity index is 1.86. The fourth-order valence-electron chi connectivity index (χ4n) is 2.25. The zero-order valence-corrected chi connectivity index (χ0v) is 14.9. The summed E-state index contributed by atoms with van der Waals surface area (Å²) in [7, 11) is 1.46. The number of hydrogen-bond donors (Lipinski definition) is 2. The van der Waals surface area contributed by atoms with Gasteiger partial charge in [0.1, 0.15) is 22.5 Å². The van der Waals surface area contributed by atoms with Crippen LogP contribution in [0.2, 0.25) is 5.02 Å². The molecule has 26 heavy (non-hydrogen) atoms. The fourth-order valence-corrected chi connectivity index (χ4v) is 3.21. The largest absolute Gasteiger partial charge is 0.495 e. The minimum atomic E-state index is -0.772. The molecule has 0 bridgehead atoms. The predicted molar refractivity (Wildman–Crippen MR) is 96.8 cm³/mol. The van der Waals surface area contributed by atoms with Crippen LogP contribution in [0.4, 0.5) is 5.69 Å². The number of hydrogen-bond acceptors (Lipinski definition) is 7. The zero-order valence-electron chi connectivity index (χ0n) is 13.4. The van der Waals surface area contributed by atoms with Crippen molar-refractivity contribution in [3.05, 3.63) is 45.6 Å². The molecule has 0 saturated heterocycles. The molecule has 0 aliphatic rings. The van der Waals surface area contributed by atoms with E-state index in [9.17, 15) is 14.4 Å². The molecule has 2 amide bonds. The van der Waals surface area contributed by atoms with E-state index in [1.807, 2.05) is 0 Å². The van der Waals surface area contributed by atoms with Crippen LogP contribution in [0.1, 0.15) is 10.5 Å². The van der Waals surface area contributed by atoms with Crippen molar-refractivity contribution in [3.63, 3.8) is 0 Å². The number of carbonyl (C=O) groups excluding carboxylic acids is 2. The van der Waals surface area contributed by atoms with E-state index in [2.05, 4.69) is 14.7 Å². The Morgan fingerprint density at radius 1 is 1.42 bits per heavy atom. The van der Waals surface area contributed by atoms with Gasteiger partial charge in [0.25, 0.3) is 11.5 Å². The Hall–Kier alpha value is -2.98. The lowest BCUT2D eigenvalue weighted by atomic mass is 10.3. The summed E-state index contributed by atoms with van der Waals surface area (Å²) in [4.78, 5) is 40.0. The molecule has 2 heterocycles. The van der Waals surface area contributed by atoms with Crippen molar-refractivity contribution >= 4 is 50.9 Å². The predicted octanol–water partition coefficient (Wildman–Crippen LogP) is 1.25. The number of anilines is 1. The maximum atomic E-state index is 12.4. The third-order valence-corrected chi connectivity index (χ3v) is 4.49. The summed E-state index contributed by atoms with van der Waals surface area (Å²) < 4.78 is 10.2. The number of nitrogens with one attached hydrogen (secondary N) is 1. The average molecular weight is 394 g/mol. The molecule has 0 aliphatic carbocycles. The Morgan fingerprint density at radius 3 is 2.88 bits per heavy atom. The van der Waals surface area contributed by atoms with Crippen LogP contribution in [0.3, 0.4) is 0 Å². The molecule has 0 unspecified atom stereocenters. The number of methoxy groups -OCH3 is 1. The zero-order chi connectivity index (χ0) is 18.8. The summed E-state index contributed by atoms with van der Waals surface area (Å²) in [5.41, 5.74) is 5.13. The van der Waals surface area contributed by atoms with Gasteiger partial charge < -0.3 is 15.8 Å². The van der Waals surface area contributed by atoms with Gasteiger partial charge in [0, 0.05) is 5.02 Å².